The Bertz CT molecular complexity index is 2730. The average molecular weight is 843 g/mol. The van der Waals surface area contributed by atoms with Crippen LogP contribution in [-0.4, -0.2) is 64.7 Å². The highest BCUT2D eigenvalue weighted by atomic mass is 31.2. The van der Waals surface area contributed by atoms with Crippen LogP contribution in [0, 0.1) is 0 Å². The van der Waals surface area contributed by atoms with Crippen LogP contribution in [0.4, 0.5) is 22.7 Å². The van der Waals surface area contributed by atoms with E-state index in [9.17, 15) is 0 Å². The first-order valence-corrected chi connectivity index (χ1v) is 24.4. The van der Waals surface area contributed by atoms with Crippen molar-refractivity contribution in [2.24, 2.45) is 0 Å². The molecule has 0 bridgehead atoms. The van der Waals surface area contributed by atoms with E-state index in [-0.39, 0.29) is 0 Å². The van der Waals surface area contributed by atoms with Gasteiger partial charge in [0.25, 0.3) is 0 Å². The first kappa shape index (κ1) is 39.5. The number of hydrogen-bond donors (Lipinski definition) is 0. The monoisotopic (exact) mass is 842 g/mol. The van der Waals surface area contributed by atoms with Crippen LogP contribution in [0.5, 0.6) is 0 Å². The van der Waals surface area contributed by atoms with Gasteiger partial charge in [0, 0.05) is 63.5 Å². The molecule has 0 amide bonds. The van der Waals surface area contributed by atoms with Gasteiger partial charge in [-0.1, -0.05) is 128 Å². The molecule has 308 valence electrons. The average Bonchev–Trinajstić information content (AvgIpc) is 3.42. The quantitative estimate of drug-likeness (QED) is 0.111. The molecule has 10 rings (SSSR count). The van der Waals surface area contributed by atoms with E-state index in [2.05, 4.69) is 155 Å². The van der Waals surface area contributed by atoms with Crippen LogP contribution in [-0.2, 0) is 9.13 Å². The molecule has 0 unspecified atom stereocenters. The summed E-state index contributed by atoms with van der Waals surface area (Å²) in [4.78, 5) is 0. The molecule has 10 heteroatoms. The third-order valence-electron chi connectivity index (χ3n) is 13.4. The Balaban J connectivity index is 0.922. The van der Waals surface area contributed by atoms with Gasteiger partial charge in [0.05, 0.1) is 22.7 Å². The molecular formula is C51H52N6O2P2. The van der Waals surface area contributed by atoms with Crippen molar-refractivity contribution in [3.05, 3.63) is 146 Å². The lowest BCUT2D eigenvalue weighted by Crippen LogP contribution is -2.36. The van der Waals surface area contributed by atoms with Crippen LogP contribution < -0.4 is 18.7 Å². The van der Waals surface area contributed by atoms with Crippen LogP contribution in [0.3, 0.4) is 0 Å². The third-order valence-corrected chi connectivity index (χ3v) is 19.6. The number of nitrogens with zero attached hydrogens (tertiary/aromatic N) is 6. The molecule has 0 atom stereocenters. The van der Waals surface area contributed by atoms with Crippen molar-refractivity contribution >= 4 is 81.0 Å². The van der Waals surface area contributed by atoms with Gasteiger partial charge in [0.1, 0.15) is 0 Å². The largest absolute Gasteiger partial charge is 0.334 e. The fourth-order valence-electron chi connectivity index (χ4n) is 10.2. The van der Waals surface area contributed by atoms with Crippen molar-refractivity contribution in [3.8, 4) is 22.3 Å². The molecule has 0 N–H and O–H groups in total. The minimum atomic E-state index is -3.34. The number of unbranched alkanes of at least 4 members (excludes halogenated alkanes) is 2. The van der Waals surface area contributed by atoms with Crippen molar-refractivity contribution in [2.45, 2.75) is 19.3 Å². The minimum absolute atomic E-state index is 0.639. The molecule has 2 aliphatic heterocycles. The lowest BCUT2D eigenvalue weighted by Gasteiger charge is -2.41. The molecule has 61 heavy (non-hydrogen) atoms. The summed E-state index contributed by atoms with van der Waals surface area (Å²) >= 11 is 0. The summed E-state index contributed by atoms with van der Waals surface area (Å²) in [7, 11) is 5.29. The lowest BCUT2D eigenvalue weighted by molar-refractivity contribution is 0.423. The number of hydrogen-bond acceptors (Lipinski definition) is 2. The van der Waals surface area contributed by atoms with Crippen LogP contribution in [0.1, 0.15) is 19.3 Å². The normalized spacial score (nSPS) is 15.6. The van der Waals surface area contributed by atoms with E-state index in [4.69, 9.17) is 0 Å². The summed E-state index contributed by atoms with van der Waals surface area (Å²) in [5.41, 5.74) is 8.30. The van der Waals surface area contributed by atoms with Gasteiger partial charge in [0.15, 0.2) is 0 Å². The molecule has 2 aliphatic rings. The molecule has 0 fully saturated rings. The van der Waals surface area contributed by atoms with Gasteiger partial charge < -0.3 is 0 Å². The van der Waals surface area contributed by atoms with Crippen molar-refractivity contribution in [1.82, 2.24) is 9.34 Å². The van der Waals surface area contributed by atoms with Gasteiger partial charge in [-0.2, -0.15) is 0 Å². The summed E-state index contributed by atoms with van der Waals surface area (Å²) < 4.78 is 43.9. The highest BCUT2D eigenvalue weighted by molar-refractivity contribution is 7.65. The summed E-state index contributed by atoms with van der Waals surface area (Å²) in [6.07, 6.45) is 2.57. The van der Waals surface area contributed by atoms with E-state index in [0.717, 1.165) is 107 Å². The SMILES string of the molecule is CN(CCCCCN(C)P1(=O)N(C)c2ccc3ccccc3c2-c2c(ccc3ccccc23)N1C)P1(=O)N(C)c2ccc3ccccc3c2-c2c(ccc3ccccc23)N1C. The second kappa shape index (κ2) is 15.1. The minimum Gasteiger partial charge on any atom is -0.297 e. The maximum absolute atomic E-state index is 15.8. The van der Waals surface area contributed by atoms with E-state index in [1.54, 1.807) is 0 Å². The van der Waals surface area contributed by atoms with E-state index in [1.807, 2.05) is 61.0 Å². The molecular weight excluding hydrogens is 791 g/mol. The molecule has 0 aliphatic carbocycles. The maximum atomic E-state index is 15.8. The smallest absolute Gasteiger partial charge is 0.297 e. The van der Waals surface area contributed by atoms with E-state index < -0.39 is 15.2 Å². The van der Waals surface area contributed by atoms with E-state index in [0.29, 0.717) is 13.1 Å². The number of rotatable bonds is 8. The fraction of sp³-hybridized carbons (Fsp3) is 0.216. The summed E-state index contributed by atoms with van der Waals surface area (Å²) in [5, 5.41) is 9.23. The predicted octanol–water partition coefficient (Wildman–Crippen LogP) is 13.4. The topological polar surface area (TPSA) is 53.6 Å². The maximum Gasteiger partial charge on any atom is 0.334 e. The predicted molar refractivity (Wildman–Crippen MR) is 262 cm³/mol. The van der Waals surface area contributed by atoms with Crippen molar-refractivity contribution in [2.75, 3.05) is 74.1 Å². The summed E-state index contributed by atoms with van der Waals surface area (Å²) in [5.74, 6) is 0. The van der Waals surface area contributed by atoms with Crippen molar-refractivity contribution in [3.63, 3.8) is 0 Å². The summed E-state index contributed by atoms with van der Waals surface area (Å²) in [6, 6.07) is 51.2. The molecule has 0 aromatic heterocycles. The van der Waals surface area contributed by atoms with Crippen LogP contribution in [0.25, 0.3) is 65.3 Å². The Labute approximate surface area is 359 Å². The van der Waals surface area contributed by atoms with Crippen molar-refractivity contribution < 1.29 is 9.13 Å². The lowest BCUT2D eigenvalue weighted by atomic mass is 9.91. The van der Waals surface area contributed by atoms with Gasteiger partial charge >= 0.3 is 15.2 Å². The Morgan fingerprint density at radius 2 is 0.607 bits per heavy atom. The molecule has 8 aromatic rings. The van der Waals surface area contributed by atoms with Gasteiger partial charge in [-0.15, -0.1) is 0 Å². The molecule has 0 spiro atoms. The first-order valence-electron chi connectivity index (χ1n) is 21.2. The zero-order valence-electron chi connectivity index (χ0n) is 35.8. The zero-order valence-corrected chi connectivity index (χ0v) is 37.6. The number of anilines is 4. The standard InChI is InChI=1S/C51H52N6O2P2/c1-52(60(58)54(3)44-30-26-36-18-8-12-22-40(36)48(44)49-41-23-13-9-19-37(41)27-31-45(49)55(60)4)34-16-7-17-35-53(2)61(59)56(5)46-32-28-38-20-10-14-24-42(38)50(46)51-43-25-15-11-21-39(43)29-33-47(51)57(61)6/h8-15,18-33H,7,16-17,34-35H2,1-6H3. The van der Waals surface area contributed by atoms with Gasteiger partial charge in [-0.25, -0.2) is 9.34 Å². The van der Waals surface area contributed by atoms with E-state index >= 15 is 9.13 Å². The summed E-state index contributed by atoms with van der Waals surface area (Å²) in [6.45, 7) is 1.28. The molecule has 8 aromatic carbocycles. The van der Waals surface area contributed by atoms with Crippen molar-refractivity contribution in [1.29, 1.82) is 0 Å². The van der Waals surface area contributed by atoms with E-state index in [1.165, 1.54) is 0 Å². The Hall–Kier alpha value is -5.62. The first-order chi connectivity index (χ1) is 29.5. The highest BCUT2D eigenvalue weighted by Crippen LogP contribution is 2.65. The van der Waals surface area contributed by atoms with Crippen LogP contribution in [0.15, 0.2) is 146 Å². The van der Waals surface area contributed by atoms with Gasteiger partial charge in [0.2, 0.25) is 0 Å². The Morgan fingerprint density at radius 1 is 0.361 bits per heavy atom. The molecule has 0 saturated carbocycles. The zero-order chi connectivity index (χ0) is 42.2. The molecule has 2 heterocycles. The third kappa shape index (κ3) is 5.95. The second-order valence-electron chi connectivity index (χ2n) is 16.7. The highest BCUT2D eigenvalue weighted by Gasteiger charge is 2.44. The fourth-order valence-corrected chi connectivity index (χ4v) is 15.4. The van der Waals surface area contributed by atoms with Crippen LogP contribution >= 0.6 is 15.2 Å². The molecule has 0 radical (unpaired) electrons. The number of benzene rings is 8. The number of fused-ring (bicyclic) bond motifs is 14. The second-order valence-corrected chi connectivity index (χ2v) is 22.5. The Morgan fingerprint density at radius 3 is 0.869 bits per heavy atom. The molecule has 0 saturated heterocycles. The van der Waals surface area contributed by atoms with Gasteiger partial charge in [-0.05, 0) is 94.3 Å². The van der Waals surface area contributed by atoms with Gasteiger partial charge in [-0.3, -0.25) is 27.8 Å². The van der Waals surface area contributed by atoms with Crippen LogP contribution in [0.2, 0.25) is 0 Å². The Kier molecular flexibility index (Phi) is 9.77. The molecule has 8 nitrogen and oxygen atoms in total.